The number of rotatable bonds is 7. The first-order valence-corrected chi connectivity index (χ1v) is 12.7. The Morgan fingerprint density at radius 3 is 2.35 bits per heavy atom. The highest BCUT2D eigenvalue weighted by atomic mass is 32.1. The van der Waals surface area contributed by atoms with Crippen LogP contribution in [0.2, 0.25) is 0 Å². The van der Waals surface area contributed by atoms with Crippen LogP contribution in [-0.2, 0) is 11.0 Å². The van der Waals surface area contributed by atoms with Gasteiger partial charge in [0.2, 0.25) is 0 Å². The summed E-state index contributed by atoms with van der Waals surface area (Å²) in [7, 11) is 1.49. The Kier molecular flexibility index (Phi) is 8.40. The normalized spacial score (nSPS) is 12.4. The molecule has 7 nitrogen and oxygen atoms in total. The second kappa shape index (κ2) is 11.9. The summed E-state index contributed by atoms with van der Waals surface area (Å²) in [6.45, 7) is 2.14. The van der Waals surface area contributed by atoms with Crippen molar-refractivity contribution in [1.82, 2.24) is 4.57 Å². The molecule has 40 heavy (non-hydrogen) atoms. The number of amides is 1. The van der Waals surface area contributed by atoms with Crippen molar-refractivity contribution >= 4 is 34.6 Å². The molecule has 204 valence electrons. The van der Waals surface area contributed by atoms with E-state index < -0.39 is 23.2 Å². The highest BCUT2D eigenvalue weighted by molar-refractivity contribution is 7.07. The molecule has 4 rings (SSSR count). The number of nitrogens with one attached hydrogen (secondary N) is 1. The third kappa shape index (κ3) is 6.08. The Bertz CT molecular complexity index is 1750. The molecule has 1 amide bonds. The Hall–Kier alpha value is -4.82. The van der Waals surface area contributed by atoms with E-state index in [1.54, 1.807) is 55.5 Å². The van der Waals surface area contributed by atoms with Crippen molar-refractivity contribution in [2.75, 3.05) is 19.0 Å². The first kappa shape index (κ1) is 28.2. The van der Waals surface area contributed by atoms with Gasteiger partial charge in [-0.15, -0.1) is 11.3 Å². The number of carbonyl (C=O) groups is 1. The van der Waals surface area contributed by atoms with Crippen LogP contribution < -0.4 is 29.5 Å². The van der Waals surface area contributed by atoms with E-state index in [1.807, 2.05) is 6.07 Å². The molecule has 11 heteroatoms. The topological polar surface area (TPSA) is 93.4 Å². The van der Waals surface area contributed by atoms with Crippen LogP contribution in [0.5, 0.6) is 11.5 Å². The highest BCUT2D eigenvalue weighted by Gasteiger charge is 2.29. The molecule has 1 N–H and O–H groups in total. The third-order valence-corrected chi connectivity index (χ3v) is 6.77. The van der Waals surface area contributed by atoms with Crippen LogP contribution in [0, 0.1) is 11.3 Å². The molecule has 0 aliphatic carbocycles. The number of nitriles is 1. The average molecular weight is 566 g/mol. The number of carbonyl (C=O) groups excluding carboxylic acids is 1. The molecule has 4 aromatic rings. The van der Waals surface area contributed by atoms with Gasteiger partial charge in [0, 0.05) is 0 Å². The number of nitrogens with zero attached hydrogens (tertiary/aromatic N) is 2. The van der Waals surface area contributed by atoms with Gasteiger partial charge in [-0.3, -0.25) is 14.2 Å². The number of methoxy groups -OCH3 is 1. The number of halogens is 3. The van der Waals surface area contributed by atoms with E-state index in [1.165, 1.54) is 29.9 Å². The number of aromatic nitrogens is 1. The molecule has 0 aliphatic heterocycles. The SMILES string of the molecule is CCOc1ccccc1NC(=O)/C(C#N)=c1/s/c(=C\c2ccc(C(F)(F)F)cc2)c(=O)n1-c1ccc(OC)cc1. The molecule has 0 spiro atoms. The maximum atomic E-state index is 13.6. The van der Waals surface area contributed by atoms with Crippen LogP contribution in [0.3, 0.4) is 0 Å². The molecule has 1 heterocycles. The van der Waals surface area contributed by atoms with Crippen molar-refractivity contribution in [2.24, 2.45) is 0 Å². The lowest BCUT2D eigenvalue weighted by Crippen LogP contribution is -2.32. The van der Waals surface area contributed by atoms with Crippen molar-refractivity contribution in [2.45, 2.75) is 13.1 Å². The number of hydrogen-bond donors (Lipinski definition) is 1. The minimum atomic E-state index is -4.50. The van der Waals surface area contributed by atoms with E-state index in [2.05, 4.69) is 5.32 Å². The molecule has 1 aromatic heterocycles. The second-order valence-corrected chi connectivity index (χ2v) is 9.27. The first-order chi connectivity index (χ1) is 19.2. The zero-order valence-corrected chi connectivity index (χ0v) is 22.1. The number of alkyl halides is 3. The van der Waals surface area contributed by atoms with Gasteiger partial charge in [0.15, 0.2) is 5.57 Å². The summed E-state index contributed by atoms with van der Waals surface area (Å²) in [5, 5.41) is 12.7. The van der Waals surface area contributed by atoms with Gasteiger partial charge in [0.05, 0.1) is 35.2 Å². The van der Waals surface area contributed by atoms with E-state index in [0.717, 1.165) is 23.5 Å². The maximum Gasteiger partial charge on any atom is 0.416 e. The van der Waals surface area contributed by atoms with Gasteiger partial charge in [-0.25, -0.2) is 0 Å². The highest BCUT2D eigenvalue weighted by Crippen LogP contribution is 2.29. The lowest BCUT2D eigenvalue weighted by atomic mass is 10.1. The molecule has 3 aromatic carbocycles. The summed E-state index contributed by atoms with van der Waals surface area (Å²) in [5.41, 5.74) is -0.672. The Balaban J connectivity index is 1.91. The van der Waals surface area contributed by atoms with Gasteiger partial charge < -0.3 is 14.8 Å². The predicted octanol–water partition coefficient (Wildman–Crippen LogP) is 4.47. The van der Waals surface area contributed by atoms with Crippen LogP contribution in [-0.4, -0.2) is 24.2 Å². The van der Waals surface area contributed by atoms with Crippen molar-refractivity contribution in [1.29, 1.82) is 5.26 Å². The predicted molar refractivity (Wildman–Crippen MR) is 146 cm³/mol. The van der Waals surface area contributed by atoms with Crippen molar-refractivity contribution in [3.8, 4) is 23.3 Å². The summed E-state index contributed by atoms with van der Waals surface area (Å²) in [6, 6.07) is 19.4. The zero-order valence-electron chi connectivity index (χ0n) is 21.3. The van der Waals surface area contributed by atoms with E-state index in [9.17, 15) is 28.0 Å². The molecule has 0 radical (unpaired) electrons. The van der Waals surface area contributed by atoms with Crippen LogP contribution in [0.1, 0.15) is 18.1 Å². The summed E-state index contributed by atoms with van der Waals surface area (Å²) in [6.07, 6.45) is -3.09. The van der Waals surface area contributed by atoms with Crippen molar-refractivity contribution in [3.05, 3.63) is 103 Å². The molecular weight excluding hydrogens is 543 g/mol. The van der Waals surface area contributed by atoms with E-state index in [4.69, 9.17) is 9.47 Å². The lowest BCUT2D eigenvalue weighted by molar-refractivity contribution is -0.137. The Morgan fingerprint density at radius 2 is 1.75 bits per heavy atom. The van der Waals surface area contributed by atoms with Gasteiger partial charge in [-0.05, 0) is 67.1 Å². The quantitative estimate of drug-likeness (QED) is 0.357. The Labute approximate surface area is 230 Å². The number of thiazole rings is 1. The largest absolute Gasteiger partial charge is 0.497 e. The molecule has 0 fully saturated rings. The Morgan fingerprint density at radius 1 is 1.07 bits per heavy atom. The fourth-order valence-electron chi connectivity index (χ4n) is 3.77. The minimum Gasteiger partial charge on any atom is -0.497 e. The van der Waals surface area contributed by atoms with Crippen molar-refractivity contribution < 1.29 is 27.4 Å². The summed E-state index contributed by atoms with van der Waals surface area (Å²) in [4.78, 5) is 26.9. The molecule has 0 saturated heterocycles. The summed E-state index contributed by atoms with van der Waals surface area (Å²) >= 11 is 0.871. The molecule has 0 saturated carbocycles. The van der Waals surface area contributed by atoms with Crippen LogP contribution in [0.25, 0.3) is 17.3 Å². The number of hydrogen-bond acceptors (Lipinski definition) is 6. The van der Waals surface area contributed by atoms with Gasteiger partial charge in [-0.2, -0.15) is 18.4 Å². The van der Waals surface area contributed by atoms with E-state index >= 15 is 0 Å². The molecule has 0 atom stereocenters. The molecular formula is C29H22F3N3O4S. The standard InChI is InChI=1S/C29H22F3N3O4S/c1-3-39-24-7-5-4-6-23(24)34-26(36)22(17-33)28-35(20-12-14-21(38-2)15-13-20)27(37)25(40-28)16-18-8-10-19(11-9-18)29(30,31)32/h4-16H,3H2,1-2H3,(H,34,36)/b25-16-,28-22+. The third-order valence-electron chi connectivity index (χ3n) is 5.68. The van der Waals surface area contributed by atoms with Gasteiger partial charge in [0.1, 0.15) is 22.2 Å². The fourth-order valence-corrected chi connectivity index (χ4v) is 4.87. The monoisotopic (exact) mass is 565 g/mol. The van der Waals surface area contributed by atoms with Gasteiger partial charge >= 0.3 is 6.18 Å². The van der Waals surface area contributed by atoms with Crippen LogP contribution >= 0.6 is 11.3 Å². The molecule has 0 aliphatic rings. The van der Waals surface area contributed by atoms with Gasteiger partial charge in [-0.1, -0.05) is 24.3 Å². The number of anilines is 1. The average Bonchev–Trinajstić information content (AvgIpc) is 3.25. The zero-order chi connectivity index (χ0) is 28.9. The summed E-state index contributed by atoms with van der Waals surface area (Å²) < 4.78 is 51.1. The minimum absolute atomic E-state index is 0.0437. The van der Waals surface area contributed by atoms with E-state index in [-0.39, 0.29) is 14.8 Å². The smallest absolute Gasteiger partial charge is 0.416 e. The number of para-hydroxylation sites is 2. The second-order valence-electron chi connectivity index (χ2n) is 8.24. The first-order valence-electron chi connectivity index (χ1n) is 11.9. The van der Waals surface area contributed by atoms with Crippen LogP contribution in [0.15, 0.2) is 77.6 Å². The number of ether oxygens (including phenoxy) is 2. The molecule has 0 unspecified atom stereocenters. The van der Waals surface area contributed by atoms with Crippen LogP contribution in [0.4, 0.5) is 18.9 Å². The van der Waals surface area contributed by atoms with Gasteiger partial charge in [0.25, 0.3) is 11.5 Å². The molecule has 0 bridgehead atoms. The lowest BCUT2D eigenvalue weighted by Gasteiger charge is -2.11. The van der Waals surface area contributed by atoms with E-state index in [0.29, 0.717) is 35.0 Å². The van der Waals surface area contributed by atoms with Crippen molar-refractivity contribution in [3.63, 3.8) is 0 Å². The number of benzene rings is 3. The summed E-state index contributed by atoms with van der Waals surface area (Å²) in [5.74, 6) is 0.171. The fraction of sp³-hybridized carbons (Fsp3) is 0.138. The maximum absolute atomic E-state index is 13.6.